The number of hydrogen-bond acceptors (Lipinski definition) is 6. The largest absolute Gasteiger partial charge is 0.364 e. The van der Waals surface area contributed by atoms with Gasteiger partial charge in [-0.3, -0.25) is 10.1 Å². The second kappa shape index (κ2) is 4.88. The number of pyridine rings is 1. The normalized spacial score (nSPS) is 17.2. The van der Waals surface area contributed by atoms with Crippen LogP contribution in [0.25, 0.3) is 22.2 Å². The van der Waals surface area contributed by atoms with Crippen molar-refractivity contribution in [1.82, 2.24) is 30.1 Å². The summed E-state index contributed by atoms with van der Waals surface area (Å²) in [6.45, 7) is 0. The lowest BCUT2D eigenvalue weighted by molar-refractivity contribution is -0.347. The number of nitrogens with two attached hydrogens (primary N) is 1. The molecule has 9 heteroatoms. The Bertz CT molecular complexity index is 1050. The van der Waals surface area contributed by atoms with E-state index in [0.29, 0.717) is 5.65 Å². The van der Waals surface area contributed by atoms with E-state index in [4.69, 9.17) is 5.73 Å². The molecule has 4 aromatic heterocycles. The predicted molar refractivity (Wildman–Crippen MR) is 88.2 cm³/mol. The van der Waals surface area contributed by atoms with Crippen LogP contribution >= 0.6 is 0 Å². The minimum atomic E-state index is 0.249. The number of nitrogens with zero attached hydrogens (tertiary/aromatic N) is 4. The molecule has 0 saturated carbocycles. The van der Waals surface area contributed by atoms with E-state index in [2.05, 4.69) is 40.4 Å². The average Bonchev–Trinajstić information content (AvgIpc) is 3.23. The molecular weight excluding hydrogens is 306 g/mol. The number of aromatic nitrogens is 7. The third-order valence-electron chi connectivity index (χ3n) is 4.58. The van der Waals surface area contributed by atoms with E-state index in [0.717, 1.165) is 41.6 Å². The molecule has 1 aliphatic carbocycles. The van der Waals surface area contributed by atoms with E-state index >= 15 is 0 Å². The van der Waals surface area contributed by atoms with Gasteiger partial charge in [0.05, 0.1) is 6.20 Å². The van der Waals surface area contributed by atoms with Gasteiger partial charge in [0.1, 0.15) is 0 Å². The van der Waals surface area contributed by atoms with Crippen LogP contribution in [0.2, 0.25) is 0 Å². The number of aromatic amines is 3. The summed E-state index contributed by atoms with van der Waals surface area (Å²) in [6, 6.07) is 0.268. The molecule has 0 fully saturated rings. The van der Waals surface area contributed by atoms with E-state index in [1.54, 1.807) is 6.33 Å². The Morgan fingerprint density at radius 2 is 2.25 bits per heavy atom. The van der Waals surface area contributed by atoms with Gasteiger partial charge < -0.3 is 11.1 Å². The van der Waals surface area contributed by atoms with E-state index in [1.165, 1.54) is 11.1 Å². The molecule has 0 saturated heterocycles. The maximum absolute atomic E-state index is 5.80. The molecule has 0 radical (unpaired) electrons. The molecule has 1 unspecified atom stereocenters. The van der Waals surface area contributed by atoms with Gasteiger partial charge in [-0.15, -0.1) is 0 Å². The van der Waals surface area contributed by atoms with Crippen LogP contribution < -0.4 is 16.0 Å². The zero-order chi connectivity index (χ0) is 16.1. The summed E-state index contributed by atoms with van der Waals surface area (Å²) >= 11 is 0. The quantitative estimate of drug-likeness (QED) is 0.426. The van der Waals surface area contributed by atoms with Crippen LogP contribution in [0.5, 0.6) is 0 Å². The van der Waals surface area contributed by atoms with Crippen LogP contribution in [-0.2, 0) is 12.8 Å². The highest BCUT2D eigenvalue weighted by molar-refractivity contribution is 5.82. The molecular formula is C15H16N9+. The molecule has 9 nitrogen and oxygen atoms in total. The zero-order valence-electron chi connectivity index (χ0n) is 12.8. The SMILES string of the molecule is Nc1nc(NC2CCc3c(cnc4[nH]ncc34)C2)c2[nH]c[nH+]c2n1. The predicted octanol–water partition coefficient (Wildman–Crippen LogP) is 0.595. The first-order chi connectivity index (χ1) is 11.8. The molecule has 120 valence electrons. The molecule has 0 aliphatic heterocycles. The average molecular weight is 322 g/mol. The standard InChI is InChI=1S/C15H15N9/c16-15-22-13-11(18-6-19-13)14(23-15)21-8-1-2-9-7(3-8)4-17-12-10(9)5-20-24-12/h4-6,8H,1-3H2,(H,17,20,24)(H4,16,18,19,21,22,23)/p+1. The summed E-state index contributed by atoms with van der Waals surface area (Å²) in [4.78, 5) is 19.1. The van der Waals surface area contributed by atoms with Crippen molar-refractivity contribution in [3.8, 4) is 0 Å². The molecule has 4 aromatic rings. The van der Waals surface area contributed by atoms with Gasteiger partial charge in [-0.05, 0) is 30.4 Å². The number of rotatable bonds is 2. The molecule has 6 N–H and O–H groups in total. The minimum absolute atomic E-state index is 0.249. The second-order valence-corrected chi connectivity index (χ2v) is 6.07. The van der Waals surface area contributed by atoms with Crippen LogP contribution in [-0.4, -0.2) is 36.2 Å². The molecule has 0 amide bonds. The maximum atomic E-state index is 5.80. The van der Waals surface area contributed by atoms with E-state index < -0.39 is 0 Å². The topological polar surface area (TPSA) is 135 Å². The number of nitrogens with one attached hydrogen (secondary N) is 4. The van der Waals surface area contributed by atoms with Gasteiger partial charge in [0.15, 0.2) is 17.8 Å². The van der Waals surface area contributed by atoms with Crippen LogP contribution in [0.1, 0.15) is 17.5 Å². The van der Waals surface area contributed by atoms with E-state index in [-0.39, 0.29) is 12.0 Å². The van der Waals surface area contributed by atoms with Gasteiger partial charge in [-0.25, -0.2) is 9.97 Å². The van der Waals surface area contributed by atoms with Crippen molar-refractivity contribution in [1.29, 1.82) is 0 Å². The second-order valence-electron chi connectivity index (χ2n) is 6.07. The summed E-state index contributed by atoms with van der Waals surface area (Å²) in [5, 5.41) is 11.6. The Balaban J connectivity index is 1.47. The number of aryl methyl sites for hydroxylation is 1. The van der Waals surface area contributed by atoms with Crippen LogP contribution in [0.4, 0.5) is 11.8 Å². The molecule has 0 bridgehead atoms. The van der Waals surface area contributed by atoms with Crippen molar-refractivity contribution < 1.29 is 4.98 Å². The number of H-pyrrole nitrogens is 3. The smallest absolute Gasteiger partial charge is 0.307 e. The van der Waals surface area contributed by atoms with Gasteiger partial charge >= 0.3 is 5.65 Å². The van der Waals surface area contributed by atoms with Crippen molar-refractivity contribution in [3.63, 3.8) is 0 Å². The lowest BCUT2D eigenvalue weighted by Crippen LogP contribution is -2.28. The minimum Gasteiger partial charge on any atom is -0.364 e. The highest BCUT2D eigenvalue weighted by Gasteiger charge is 2.24. The van der Waals surface area contributed by atoms with Crippen molar-refractivity contribution in [2.24, 2.45) is 0 Å². The maximum Gasteiger partial charge on any atom is 0.307 e. The molecule has 24 heavy (non-hydrogen) atoms. The van der Waals surface area contributed by atoms with Gasteiger partial charge in [-0.1, -0.05) is 4.98 Å². The first-order valence-electron chi connectivity index (χ1n) is 7.86. The molecule has 0 spiro atoms. The fourth-order valence-electron chi connectivity index (χ4n) is 3.47. The van der Waals surface area contributed by atoms with Crippen molar-refractivity contribution in [2.45, 2.75) is 25.3 Å². The Kier molecular flexibility index (Phi) is 2.69. The number of anilines is 2. The lowest BCUT2D eigenvalue weighted by Gasteiger charge is -2.25. The fourth-order valence-corrected chi connectivity index (χ4v) is 3.47. The number of nitrogen functional groups attached to an aromatic ring is 1. The van der Waals surface area contributed by atoms with Gasteiger partial charge in [-0.2, -0.15) is 10.1 Å². The van der Waals surface area contributed by atoms with Gasteiger partial charge in [0, 0.05) is 17.6 Å². The van der Waals surface area contributed by atoms with Crippen molar-refractivity contribution in [3.05, 3.63) is 29.8 Å². The Hall–Kier alpha value is -3.23. The van der Waals surface area contributed by atoms with Gasteiger partial charge in [0.25, 0.3) is 5.95 Å². The Morgan fingerprint density at radius 1 is 1.29 bits per heavy atom. The van der Waals surface area contributed by atoms with E-state index in [1.807, 2.05) is 12.4 Å². The number of imidazole rings is 1. The first kappa shape index (κ1) is 13.2. The summed E-state index contributed by atoms with van der Waals surface area (Å²) in [7, 11) is 0. The van der Waals surface area contributed by atoms with Gasteiger partial charge in [0.2, 0.25) is 5.52 Å². The summed E-state index contributed by atoms with van der Waals surface area (Å²) in [5.74, 6) is 0.975. The third-order valence-corrected chi connectivity index (χ3v) is 4.58. The van der Waals surface area contributed by atoms with Crippen molar-refractivity contribution in [2.75, 3.05) is 11.1 Å². The Morgan fingerprint density at radius 3 is 3.21 bits per heavy atom. The third kappa shape index (κ3) is 1.98. The van der Waals surface area contributed by atoms with Crippen LogP contribution in [0.15, 0.2) is 18.7 Å². The molecule has 0 aromatic carbocycles. The number of hydrogen-bond donors (Lipinski definition) is 4. The zero-order valence-corrected chi connectivity index (χ0v) is 12.8. The molecule has 1 atom stereocenters. The van der Waals surface area contributed by atoms with E-state index in [9.17, 15) is 0 Å². The lowest BCUT2D eigenvalue weighted by atomic mass is 9.88. The van der Waals surface area contributed by atoms with Crippen molar-refractivity contribution >= 4 is 34.0 Å². The molecule has 5 rings (SSSR count). The molecule has 4 heterocycles. The monoisotopic (exact) mass is 322 g/mol. The summed E-state index contributed by atoms with van der Waals surface area (Å²) < 4.78 is 0. The highest BCUT2D eigenvalue weighted by atomic mass is 15.1. The van der Waals surface area contributed by atoms with Crippen LogP contribution in [0.3, 0.4) is 0 Å². The van der Waals surface area contributed by atoms with Crippen LogP contribution in [0, 0.1) is 0 Å². The molecule has 1 aliphatic rings. The Labute approximate surface area is 136 Å². The first-order valence-corrected chi connectivity index (χ1v) is 7.86. The summed E-state index contributed by atoms with van der Waals surface area (Å²) in [6.07, 6.45) is 8.40. The highest BCUT2D eigenvalue weighted by Crippen LogP contribution is 2.28. The summed E-state index contributed by atoms with van der Waals surface area (Å²) in [5.41, 5.74) is 10.8. The fraction of sp³-hybridized carbons (Fsp3) is 0.267. The number of fused-ring (bicyclic) bond motifs is 4.